The van der Waals surface area contributed by atoms with Gasteiger partial charge in [0.15, 0.2) is 0 Å². The molecule has 2 rings (SSSR count). The van der Waals surface area contributed by atoms with Crippen molar-refractivity contribution in [2.24, 2.45) is 0 Å². The number of benzene rings is 2. The third-order valence-electron chi connectivity index (χ3n) is 2.51. The Kier molecular flexibility index (Phi) is 5.61. The summed E-state index contributed by atoms with van der Waals surface area (Å²) in [7, 11) is 0. The second kappa shape index (κ2) is 7.21. The Labute approximate surface area is 114 Å². The fourth-order valence-electron chi connectivity index (χ4n) is 1.50. The van der Waals surface area contributed by atoms with Crippen molar-refractivity contribution in [2.75, 3.05) is 11.1 Å². The minimum atomic E-state index is -0.0799. The van der Waals surface area contributed by atoms with Crippen LogP contribution in [-0.4, -0.2) is 5.91 Å². The van der Waals surface area contributed by atoms with Crippen molar-refractivity contribution in [3.8, 4) is 0 Å². The van der Waals surface area contributed by atoms with Gasteiger partial charge in [-0.3, -0.25) is 4.79 Å². The van der Waals surface area contributed by atoms with Crippen LogP contribution in [0.3, 0.4) is 0 Å². The molecule has 1 amide bonds. The van der Waals surface area contributed by atoms with Crippen LogP contribution < -0.4 is 11.1 Å². The van der Waals surface area contributed by atoms with Crippen LogP contribution in [0.15, 0.2) is 48.5 Å². The number of hydrogen-bond acceptors (Lipinski definition) is 2. The van der Waals surface area contributed by atoms with E-state index in [1.54, 1.807) is 12.1 Å². The summed E-state index contributed by atoms with van der Waals surface area (Å²) in [6.07, 6.45) is 0. The molecule has 0 aliphatic heterocycles. The highest BCUT2D eigenvalue weighted by Crippen LogP contribution is 2.17. The van der Waals surface area contributed by atoms with Crippen LogP contribution >= 0.6 is 0 Å². The van der Waals surface area contributed by atoms with Crippen LogP contribution in [0.2, 0.25) is 0 Å². The van der Waals surface area contributed by atoms with Gasteiger partial charge in [0.1, 0.15) is 0 Å². The minimum absolute atomic E-state index is 0.0799. The summed E-state index contributed by atoms with van der Waals surface area (Å²) in [6, 6.07) is 15.7. The van der Waals surface area contributed by atoms with Gasteiger partial charge in [0.25, 0.3) is 0 Å². The topological polar surface area (TPSA) is 55.1 Å². The largest absolute Gasteiger partial charge is 0.399 e. The summed E-state index contributed by atoms with van der Waals surface area (Å²) in [5.74, 6) is -0.0799. The maximum absolute atomic E-state index is 10.7. The molecule has 100 valence electrons. The zero-order valence-electron chi connectivity index (χ0n) is 11.6. The standard InChI is InChI=1S/C9H12N2O.C7H8/c1-6-3-4-8(10)5-9(6)11-7(2)12;1-7-5-3-2-4-6-7/h3-5H,10H2,1-2H3,(H,11,12);2-6H,1H3. The Bertz CT molecular complexity index is 536. The molecule has 0 fully saturated rings. The fourth-order valence-corrected chi connectivity index (χ4v) is 1.50. The first kappa shape index (κ1) is 14.8. The molecular formula is C16H20N2O. The molecule has 3 N–H and O–H groups in total. The predicted molar refractivity (Wildman–Crippen MR) is 81.1 cm³/mol. The van der Waals surface area contributed by atoms with E-state index < -0.39 is 0 Å². The molecule has 2 aromatic rings. The number of carbonyl (C=O) groups excluding carboxylic acids is 1. The molecule has 0 saturated heterocycles. The van der Waals surface area contributed by atoms with Gasteiger partial charge in [-0.15, -0.1) is 0 Å². The Morgan fingerprint density at radius 2 is 1.68 bits per heavy atom. The summed E-state index contributed by atoms with van der Waals surface area (Å²) in [6.45, 7) is 5.48. The summed E-state index contributed by atoms with van der Waals surface area (Å²) in [5, 5.41) is 2.69. The maximum atomic E-state index is 10.7. The maximum Gasteiger partial charge on any atom is 0.221 e. The van der Waals surface area contributed by atoms with Crippen LogP contribution in [0.25, 0.3) is 0 Å². The van der Waals surface area contributed by atoms with Crippen molar-refractivity contribution in [2.45, 2.75) is 20.8 Å². The van der Waals surface area contributed by atoms with Gasteiger partial charge in [-0.2, -0.15) is 0 Å². The lowest BCUT2D eigenvalue weighted by atomic mass is 10.2. The van der Waals surface area contributed by atoms with Crippen molar-refractivity contribution in [3.63, 3.8) is 0 Å². The van der Waals surface area contributed by atoms with Gasteiger partial charge in [-0.1, -0.05) is 42.0 Å². The summed E-state index contributed by atoms with van der Waals surface area (Å²) in [5.41, 5.74) is 9.32. The first-order valence-electron chi connectivity index (χ1n) is 6.14. The van der Waals surface area contributed by atoms with Gasteiger partial charge >= 0.3 is 0 Å². The van der Waals surface area contributed by atoms with E-state index in [1.807, 2.05) is 31.2 Å². The monoisotopic (exact) mass is 256 g/mol. The molecule has 3 heteroatoms. The highest BCUT2D eigenvalue weighted by atomic mass is 16.1. The zero-order valence-corrected chi connectivity index (χ0v) is 11.6. The normalized spacial score (nSPS) is 9.21. The molecule has 0 heterocycles. The highest BCUT2D eigenvalue weighted by Gasteiger charge is 1.99. The summed E-state index contributed by atoms with van der Waals surface area (Å²) >= 11 is 0. The van der Waals surface area contributed by atoms with Gasteiger partial charge in [-0.05, 0) is 31.5 Å². The van der Waals surface area contributed by atoms with E-state index in [2.05, 4.69) is 24.4 Å². The SMILES string of the molecule is CC(=O)Nc1cc(N)ccc1C.Cc1ccccc1. The number of hydrogen-bond donors (Lipinski definition) is 2. The zero-order chi connectivity index (χ0) is 14.3. The number of anilines is 2. The van der Waals surface area contributed by atoms with E-state index in [0.29, 0.717) is 5.69 Å². The Morgan fingerprint density at radius 1 is 1.05 bits per heavy atom. The molecule has 19 heavy (non-hydrogen) atoms. The molecule has 0 aliphatic carbocycles. The smallest absolute Gasteiger partial charge is 0.221 e. The van der Waals surface area contributed by atoms with E-state index in [1.165, 1.54) is 12.5 Å². The molecule has 0 atom stereocenters. The molecule has 0 spiro atoms. The molecular weight excluding hydrogens is 236 g/mol. The van der Waals surface area contributed by atoms with Crippen molar-refractivity contribution >= 4 is 17.3 Å². The van der Waals surface area contributed by atoms with E-state index in [4.69, 9.17) is 5.73 Å². The predicted octanol–water partition coefficient (Wildman–Crippen LogP) is 3.53. The molecule has 3 nitrogen and oxygen atoms in total. The number of nitrogen functional groups attached to an aromatic ring is 1. The number of aryl methyl sites for hydroxylation is 2. The third kappa shape index (κ3) is 5.73. The van der Waals surface area contributed by atoms with E-state index in [0.717, 1.165) is 11.3 Å². The number of nitrogens with one attached hydrogen (secondary N) is 1. The van der Waals surface area contributed by atoms with Crippen LogP contribution in [0.4, 0.5) is 11.4 Å². The quantitative estimate of drug-likeness (QED) is 0.767. The highest BCUT2D eigenvalue weighted by molar-refractivity contribution is 5.90. The molecule has 2 aromatic carbocycles. The number of carbonyl (C=O) groups is 1. The van der Waals surface area contributed by atoms with Gasteiger partial charge in [0.2, 0.25) is 5.91 Å². The van der Waals surface area contributed by atoms with Crippen LogP contribution in [0.1, 0.15) is 18.1 Å². The number of amides is 1. The lowest BCUT2D eigenvalue weighted by molar-refractivity contribution is -0.114. The lowest BCUT2D eigenvalue weighted by Crippen LogP contribution is -2.07. The molecule has 0 saturated carbocycles. The van der Waals surface area contributed by atoms with Crippen molar-refractivity contribution in [1.82, 2.24) is 0 Å². The number of nitrogens with two attached hydrogens (primary N) is 1. The van der Waals surface area contributed by atoms with E-state index >= 15 is 0 Å². The Hall–Kier alpha value is -2.29. The van der Waals surface area contributed by atoms with Gasteiger partial charge in [0, 0.05) is 18.3 Å². The third-order valence-corrected chi connectivity index (χ3v) is 2.51. The second-order valence-corrected chi connectivity index (χ2v) is 4.41. The minimum Gasteiger partial charge on any atom is -0.399 e. The average molecular weight is 256 g/mol. The molecule has 0 aromatic heterocycles. The average Bonchev–Trinajstić information content (AvgIpc) is 2.35. The Morgan fingerprint density at radius 3 is 2.16 bits per heavy atom. The summed E-state index contributed by atoms with van der Waals surface area (Å²) in [4.78, 5) is 10.7. The molecule has 0 unspecified atom stereocenters. The lowest BCUT2D eigenvalue weighted by Gasteiger charge is -2.06. The van der Waals surface area contributed by atoms with E-state index in [-0.39, 0.29) is 5.91 Å². The van der Waals surface area contributed by atoms with Crippen LogP contribution in [-0.2, 0) is 4.79 Å². The first-order valence-corrected chi connectivity index (χ1v) is 6.14. The van der Waals surface area contributed by atoms with Crippen molar-refractivity contribution in [1.29, 1.82) is 0 Å². The van der Waals surface area contributed by atoms with Gasteiger partial charge < -0.3 is 11.1 Å². The van der Waals surface area contributed by atoms with Crippen LogP contribution in [0, 0.1) is 13.8 Å². The molecule has 0 radical (unpaired) electrons. The summed E-state index contributed by atoms with van der Waals surface area (Å²) < 4.78 is 0. The fraction of sp³-hybridized carbons (Fsp3) is 0.188. The number of rotatable bonds is 1. The first-order chi connectivity index (χ1) is 8.99. The second-order valence-electron chi connectivity index (χ2n) is 4.41. The van der Waals surface area contributed by atoms with E-state index in [9.17, 15) is 4.79 Å². The van der Waals surface area contributed by atoms with Crippen LogP contribution in [0.5, 0.6) is 0 Å². The molecule has 0 aliphatic rings. The van der Waals surface area contributed by atoms with Crippen molar-refractivity contribution in [3.05, 3.63) is 59.7 Å². The Balaban J connectivity index is 0.000000218. The van der Waals surface area contributed by atoms with Gasteiger partial charge in [0.05, 0.1) is 0 Å². The van der Waals surface area contributed by atoms with Gasteiger partial charge in [-0.25, -0.2) is 0 Å². The van der Waals surface area contributed by atoms with Crippen molar-refractivity contribution < 1.29 is 4.79 Å². The molecule has 0 bridgehead atoms.